The third-order valence-electron chi connectivity index (χ3n) is 3.88. The third kappa shape index (κ3) is 4.46. The average molecular weight is 364 g/mol. The van der Waals surface area contributed by atoms with E-state index in [-0.39, 0.29) is 28.4 Å². The van der Waals surface area contributed by atoms with Crippen LogP contribution in [0.4, 0.5) is 4.39 Å². The summed E-state index contributed by atoms with van der Waals surface area (Å²) < 4.78 is 15.1. The van der Waals surface area contributed by atoms with E-state index in [9.17, 15) is 9.59 Å². The molecule has 2 rings (SSSR count). The minimum absolute atomic E-state index is 0.0284. The van der Waals surface area contributed by atoms with Gasteiger partial charge >= 0.3 is 0 Å². The van der Waals surface area contributed by atoms with Crippen molar-refractivity contribution in [1.82, 2.24) is 15.3 Å². The highest BCUT2D eigenvalue weighted by Gasteiger charge is 2.25. The van der Waals surface area contributed by atoms with Crippen molar-refractivity contribution in [3.8, 4) is 0 Å². The fourth-order valence-corrected chi connectivity index (χ4v) is 2.81. The van der Waals surface area contributed by atoms with Crippen LogP contribution >= 0.6 is 11.6 Å². The molecule has 0 unspecified atom stereocenters. The number of rotatable bonds is 8. The van der Waals surface area contributed by atoms with Gasteiger partial charge in [0.05, 0.1) is 10.6 Å². The monoisotopic (exact) mass is 363 g/mol. The van der Waals surface area contributed by atoms with Crippen LogP contribution in [0.1, 0.15) is 54.3 Å². The van der Waals surface area contributed by atoms with Crippen molar-refractivity contribution in [3.63, 3.8) is 0 Å². The molecule has 0 fully saturated rings. The largest absolute Gasteiger partial charge is 0.307 e. The molecule has 0 aliphatic rings. The molecule has 0 amide bonds. The van der Waals surface area contributed by atoms with Crippen LogP contribution in [0.2, 0.25) is 5.02 Å². The van der Waals surface area contributed by atoms with Crippen molar-refractivity contribution in [2.45, 2.75) is 38.8 Å². The molecular formula is C18H19ClFN3O2. The molecule has 1 heterocycles. The molecule has 2 atom stereocenters. The lowest BCUT2D eigenvalue weighted by molar-refractivity contribution is -0.108. The Bertz CT molecular complexity index is 755. The molecule has 1 aromatic heterocycles. The lowest BCUT2D eigenvalue weighted by atomic mass is 9.97. The van der Waals surface area contributed by atoms with Crippen molar-refractivity contribution < 1.29 is 14.0 Å². The van der Waals surface area contributed by atoms with Gasteiger partial charge in [0.15, 0.2) is 0 Å². The van der Waals surface area contributed by atoms with Crippen molar-refractivity contribution in [1.29, 1.82) is 0 Å². The second kappa shape index (κ2) is 8.78. The van der Waals surface area contributed by atoms with Crippen molar-refractivity contribution in [3.05, 3.63) is 58.4 Å². The van der Waals surface area contributed by atoms with E-state index in [2.05, 4.69) is 15.3 Å². The Morgan fingerprint density at radius 3 is 2.76 bits per heavy atom. The van der Waals surface area contributed by atoms with Crippen LogP contribution in [0.25, 0.3) is 0 Å². The zero-order chi connectivity index (χ0) is 18.4. The second-order valence-corrected chi connectivity index (χ2v) is 6.09. The van der Waals surface area contributed by atoms with Crippen molar-refractivity contribution >= 4 is 23.7 Å². The Hall–Kier alpha value is -2.18. The molecule has 2 aromatic rings. The van der Waals surface area contributed by atoms with Crippen LogP contribution in [0, 0.1) is 5.82 Å². The van der Waals surface area contributed by atoms with E-state index in [0.717, 1.165) is 6.29 Å². The van der Waals surface area contributed by atoms with E-state index in [4.69, 9.17) is 11.6 Å². The summed E-state index contributed by atoms with van der Waals surface area (Å²) in [7, 11) is 0. The molecule has 0 bridgehead atoms. The van der Waals surface area contributed by atoms with Gasteiger partial charge in [0.1, 0.15) is 24.1 Å². The van der Waals surface area contributed by atoms with Gasteiger partial charge in [0.25, 0.3) is 0 Å². The Morgan fingerprint density at radius 2 is 2.16 bits per heavy atom. The Morgan fingerprint density at radius 1 is 1.40 bits per heavy atom. The van der Waals surface area contributed by atoms with E-state index in [1.807, 2.05) is 13.8 Å². The summed E-state index contributed by atoms with van der Waals surface area (Å²) in [4.78, 5) is 30.9. The van der Waals surface area contributed by atoms with E-state index in [1.54, 1.807) is 6.07 Å². The maximum Gasteiger partial charge on any atom is 0.215 e. The number of benzene rings is 1. The molecule has 0 aliphatic heterocycles. The van der Waals surface area contributed by atoms with Crippen molar-refractivity contribution in [2.75, 3.05) is 0 Å². The third-order valence-corrected chi connectivity index (χ3v) is 4.20. The molecule has 132 valence electrons. The standard InChI is InChI=1S/C18H19ClFN3O2/c1-3-14(23-11(2)7-9-24)12-4-5-13(19)16(17(12)20)18(25)15-6-8-21-10-22-15/h4-6,8-11,14,23H,3,7H2,1-2H3/t11-,14+/m0/s1. The van der Waals surface area contributed by atoms with Gasteiger partial charge in [-0.1, -0.05) is 24.6 Å². The summed E-state index contributed by atoms with van der Waals surface area (Å²) in [6.45, 7) is 3.74. The lowest BCUT2D eigenvalue weighted by Gasteiger charge is -2.23. The molecule has 0 aliphatic carbocycles. The highest BCUT2D eigenvalue weighted by molar-refractivity contribution is 6.34. The molecule has 0 radical (unpaired) electrons. The summed E-state index contributed by atoms with van der Waals surface area (Å²) >= 11 is 6.08. The fourth-order valence-electron chi connectivity index (χ4n) is 2.58. The van der Waals surface area contributed by atoms with Gasteiger partial charge in [-0.05, 0) is 25.5 Å². The molecule has 25 heavy (non-hydrogen) atoms. The normalized spacial score (nSPS) is 13.3. The number of carbonyl (C=O) groups excluding carboxylic acids is 2. The summed E-state index contributed by atoms with van der Waals surface area (Å²) in [6, 6.07) is 4.02. The van der Waals surface area contributed by atoms with Crippen LogP contribution in [-0.4, -0.2) is 28.1 Å². The van der Waals surface area contributed by atoms with Gasteiger partial charge in [0.2, 0.25) is 5.78 Å². The number of aldehydes is 1. The maximum absolute atomic E-state index is 15.1. The minimum atomic E-state index is -0.672. The molecule has 0 saturated heterocycles. The van der Waals surface area contributed by atoms with Crippen LogP contribution in [-0.2, 0) is 4.79 Å². The topological polar surface area (TPSA) is 72.0 Å². The highest BCUT2D eigenvalue weighted by Crippen LogP contribution is 2.29. The molecule has 1 N–H and O–H groups in total. The molecule has 7 heteroatoms. The summed E-state index contributed by atoms with van der Waals surface area (Å²) in [5.41, 5.74) is 0.200. The first-order chi connectivity index (χ1) is 12.0. The lowest BCUT2D eigenvalue weighted by Crippen LogP contribution is -2.31. The number of carbonyl (C=O) groups is 2. The quantitative estimate of drug-likeness (QED) is 0.574. The first-order valence-corrected chi connectivity index (χ1v) is 8.35. The predicted molar refractivity (Wildman–Crippen MR) is 93.2 cm³/mol. The number of ketones is 1. The zero-order valence-electron chi connectivity index (χ0n) is 14.0. The predicted octanol–water partition coefficient (Wildman–Crippen LogP) is 3.52. The first kappa shape index (κ1) is 19.1. The molecule has 0 saturated carbocycles. The molecule has 1 aromatic carbocycles. The highest BCUT2D eigenvalue weighted by atomic mass is 35.5. The number of halogens is 2. The number of nitrogens with zero attached hydrogens (tertiary/aromatic N) is 2. The number of nitrogens with one attached hydrogen (secondary N) is 1. The average Bonchev–Trinajstić information content (AvgIpc) is 2.61. The van der Waals surface area contributed by atoms with E-state index in [1.165, 1.54) is 24.7 Å². The first-order valence-electron chi connectivity index (χ1n) is 7.97. The van der Waals surface area contributed by atoms with Gasteiger partial charge < -0.3 is 10.1 Å². The minimum Gasteiger partial charge on any atom is -0.307 e. The van der Waals surface area contributed by atoms with Crippen LogP contribution < -0.4 is 5.32 Å². The van der Waals surface area contributed by atoms with Crippen LogP contribution in [0.5, 0.6) is 0 Å². The SMILES string of the molecule is CC[C@@H](N[C@@H](C)CC=O)c1ccc(Cl)c(C(=O)c2ccncn2)c1F. The number of hydrogen-bond donors (Lipinski definition) is 1. The molecule has 0 spiro atoms. The Labute approximate surface area is 150 Å². The maximum atomic E-state index is 15.1. The van der Waals surface area contributed by atoms with Gasteiger partial charge in [-0.2, -0.15) is 0 Å². The van der Waals surface area contributed by atoms with E-state index < -0.39 is 11.6 Å². The van der Waals surface area contributed by atoms with E-state index in [0.29, 0.717) is 18.4 Å². The Kier molecular flexibility index (Phi) is 6.73. The molecule has 5 nitrogen and oxygen atoms in total. The number of hydrogen-bond acceptors (Lipinski definition) is 5. The second-order valence-electron chi connectivity index (χ2n) is 5.68. The van der Waals surface area contributed by atoms with E-state index >= 15 is 4.39 Å². The zero-order valence-corrected chi connectivity index (χ0v) is 14.8. The fraction of sp³-hybridized carbons (Fsp3) is 0.333. The summed E-state index contributed by atoms with van der Waals surface area (Å²) in [5.74, 6) is -1.27. The Balaban J connectivity index is 2.41. The summed E-state index contributed by atoms with van der Waals surface area (Å²) in [5, 5.41) is 3.23. The van der Waals surface area contributed by atoms with Gasteiger partial charge in [0, 0.05) is 30.3 Å². The smallest absolute Gasteiger partial charge is 0.215 e. The molecular weight excluding hydrogens is 345 g/mol. The van der Waals surface area contributed by atoms with Crippen molar-refractivity contribution in [2.24, 2.45) is 0 Å². The van der Waals surface area contributed by atoms with Gasteiger partial charge in [-0.3, -0.25) is 4.79 Å². The van der Waals surface area contributed by atoms with Gasteiger partial charge in [-0.15, -0.1) is 0 Å². The van der Waals surface area contributed by atoms with Crippen LogP contribution in [0.3, 0.4) is 0 Å². The number of aromatic nitrogens is 2. The summed E-state index contributed by atoms with van der Waals surface area (Å²) in [6.07, 6.45) is 4.35. The van der Waals surface area contributed by atoms with Gasteiger partial charge in [-0.25, -0.2) is 14.4 Å². The van der Waals surface area contributed by atoms with Crippen LogP contribution in [0.15, 0.2) is 30.7 Å².